The summed E-state index contributed by atoms with van der Waals surface area (Å²) in [6.45, 7) is 10.7. The van der Waals surface area contributed by atoms with Gasteiger partial charge in [-0.2, -0.15) is 0 Å². The van der Waals surface area contributed by atoms with E-state index in [9.17, 15) is 4.79 Å². The molecule has 0 bridgehead atoms. The van der Waals surface area contributed by atoms with Gasteiger partial charge in [0.15, 0.2) is 0 Å². The molecule has 1 rings (SSSR count). The highest BCUT2D eigenvalue weighted by molar-refractivity contribution is 9.10. The van der Waals surface area contributed by atoms with Crippen molar-refractivity contribution < 1.29 is 4.79 Å². The summed E-state index contributed by atoms with van der Waals surface area (Å²) in [5.41, 5.74) is 1.33. The highest BCUT2D eigenvalue weighted by atomic mass is 79.9. The Bertz CT molecular complexity index is 422. The van der Waals surface area contributed by atoms with Crippen molar-refractivity contribution in [1.29, 1.82) is 0 Å². The van der Waals surface area contributed by atoms with E-state index in [4.69, 9.17) is 0 Å². The van der Waals surface area contributed by atoms with Crippen molar-refractivity contribution in [1.82, 2.24) is 5.32 Å². The monoisotopic (exact) mass is 339 g/mol. The fourth-order valence-electron chi connectivity index (χ4n) is 2.10. The molecule has 0 aliphatic carbocycles. The molecule has 2 nitrogen and oxygen atoms in total. The first-order chi connectivity index (χ1) is 9.20. The quantitative estimate of drug-likeness (QED) is 0.774. The summed E-state index contributed by atoms with van der Waals surface area (Å²) >= 11 is 3.48. The summed E-state index contributed by atoms with van der Waals surface area (Å²) in [4.78, 5) is 12.2. The molecule has 2 unspecified atom stereocenters. The van der Waals surface area contributed by atoms with Crippen molar-refractivity contribution in [3.8, 4) is 0 Å². The zero-order chi connectivity index (χ0) is 15.3. The summed E-state index contributed by atoms with van der Waals surface area (Å²) < 4.78 is 0. The topological polar surface area (TPSA) is 29.1 Å². The van der Waals surface area contributed by atoms with Gasteiger partial charge in [-0.05, 0) is 23.3 Å². The molecule has 0 spiro atoms. The average molecular weight is 340 g/mol. The smallest absolute Gasteiger partial charge is 0.234 e. The fraction of sp³-hybridized carbons (Fsp3) is 0.588. The Kier molecular flexibility index (Phi) is 6.25. The standard InChI is InChI=1S/C17H26BrNO/c1-12(2)15(18)16(20)19-14(11-17(3,4)5)13-9-7-6-8-10-13/h6-10,12,14-15H,11H2,1-5H3,(H,19,20). The number of nitrogens with one attached hydrogen (secondary N) is 1. The van der Waals surface area contributed by atoms with Gasteiger partial charge in [-0.15, -0.1) is 0 Å². The molecule has 0 aliphatic rings. The van der Waals surface area contributed by atoms with Crippen LogP contribution in [0.1, 0.15) is 52.6 Å². The van der Waals surface area contributed by atoms with Crippen LogP contribution in [0, 0.1) is 11.3 Å². The van der Waals surface area contributed by atoms with Crippen LogP contribution in [0.25, 0.3) is 0 Å². The maximum Gasteiger partial charge on any atom is 0.234 e. The third-order valence-electron chi connectivity index (χ3n) is 3.17. The van der Waals surface area contributed by atoms with Crippen molar-refractivity contribution in [3.63, 3.8) is 0 Å². The Morgan fingerprint density at radius 3 is 2.20 bits per heavy atom. The van der Waals surface area contributed by atoms with Crippen LogP contribution in [0.4, 0.5) is 0 Å². The lowest BCUT2D eigenvalue weighted by Gasteiger charge is -2.28. The van der Waals surface area contributed by atoms with E-state index in [0.29, 0.717) is 0 Å². The van der Waals surface area contributed by atoms with Gasteiger partial charge in [0.25, 0.3) is 0 Å². The minimum atomic E-state index is -0.145. The van der Waals surface area contributed by atoms with Crippen molar-refractivity contribution in [3.05, 3.63) is 35.9 Å². The van der Waals surface area contributed by atoms with Crippen LogP contribution in [0.3, 0.4) is 0 Å². The van der Waals surface area contributed by atoms with E-state index in [1.165, 1.54) is 5.56 Å². The Morgan fingerprint density at radius 1 is 1.20 bits per heavy atom. The van der Waals surface area contributed by atoms with Crippen molar-refractivity contribution >= 4 is 21.8 Å². The van der Waals surface area contributed by atoms with E-state index in [1.54, 1.807) is 0 Å². The predicted octanol–water partition coefficient (Wildman–Crippen LogP) is 4.70. The molecule has 0 heterocycles. The van der Waals surface area contributed by atoms with Gasteiger partial charge < -0.3 is 5.32 Å². The molecule has 0 fully saturated rings. The van der Waals surface area contributed by atoms with E-state index in [1.807, 2.05) is 32.0 Å². The van der Waals surface area contributed by atoms with E-state index >= 15 is 0 Å². The first-order valence-corrected chi connectivity index (χ1v) is 8.11. The van der Waals surface area contributed by atoms with Gasteiger partial charge in [-0.25, -0.2) is 0 Å². The number of carbonyl (C=O) groups excluding carboxylic acids is 1. The lowest BCUT2D eigenvalue weighted by Crippen LogP contribution is -2.38. The summed E-state index contributed by atoms with van der Waals surface area (Å²) in [5.74, 6) is 0.346. The molecule has 0 radical (unpaired) electrons. The zero-order valence-corrected chi connectivity index (χ0v) is 14.7. The Hall–Kier alpha value is -0.830. The third kappa shape index (κ3) is 5.66. The van der Waals surface area contributed by atoms with Gasteiger partial charge in [-0.1, -0.05) is 80.9 Å². The number of hydrogen-bond donors (Lipinski definition) is 1. The van der Waals surface area contributed by atoms with E-state index in [0.717, 1.165) is 6.42 Å². The fourth-order valence-corrected chi connectivity index (χ4v) is 2.24. The molecule has 0 saturated carbocycles. The molecular formula is C17H26BrNO. The molecular weight excluding hydrogens is 314 g/mol. The van der Waals surface area contributed by atoms with Crippen LogP contribution in [-0.2, 0) is 4.79 Å². The second-order valence-electron chi connectivity index (χ2n) is 6.88. The number of halogens is 1. The lowest BCUT2D eigenvalue weighted by molar-refractivity contribution is -0.122. The van der Waals surface area contributed by atoms with Crippen LogP contribution in [0.2, 0.25) is 0 Å². The first kappa shape index (κ1) is 17.2. The predicted molar refractivity (Wildman–Crippen MR) is 89.0 cm³/mol. The molecule has 0 aliphatic heterocycles. The molecule has 2 atom stereocenters. The Morgan fingerprint density at radius 2 is 1.75 bits per heavy atom. The van der Waals surface area contributed by atoms with Crippen LogP contribution in [-0.4, -0.2) is 10.7 Å². The van der Waals surface area contributed by atoms with Crippen LogP contribution >= 0.6 is 15.9 Å². The van der Waals surface area contributed by atoms with Crippen molar-refractivity contribution in [2.45, 2.75) is 51.9 Å². The second-order valence-corrected chi connectivity index (χ2v) is 7.87. The summed E-state index contributed by atoms with van der Waals surface area (Å²) in [7, 11) is 0. The molecule has 20 heavy (non-hydrogen) atoms. The van der Waals surface area contributed by atoms with E-state index < -0.39 is 0 Å². The molecule has 0 saturated heterocycles. The SMILES string of the molecule is CC(C)C(Br)C(=O)NC(CC(C)(C)C)c1ccccc1. The maximum absolute atomic E-state index is 12.3. The molecule has 1 aromatic carbocycles. The highest BCUT2D eigenvalue weighted by Crippen LogP contribution is 2.29. The van der Waals surface area contributed by atoms with Crippen LogP contribution in [0.5, 0.6) is 0 Å². The van der Waals surface area contributed by atoms with Gasteiger partial charge in [-0.3, -0.25) is 4.79 Å². The molecule has 3 heteroatoms. The maximum atomic E-state index is 12.3. The van der Waals surface area contributed by atoms with Gasteiger partial charge in [0.2, 0.25) is 5.91 Å². The van der Waals surface area contributed by atoms with E-state index in [2.05, 4.69) is 54.2 Å². The summed E-state index contributed by atoms with van der Waals surface area (Å²) in [6, 6.07) is 10.3. The number of amides is 1. The lowest BCUT2D eigenvalue weighted by atomic mass is 9.85. The van der Waals surface area contributed by atoms with Crippen LogP contribution < -0.4 is 5.32 Å². The second kappa shape index (κ2) is 7.26. The largest absolute Gasteiger partial charge is 0.348 e. The zero-order valence-electron chi connectivity index (χ0n) is 13.1. The van der Waals surface area contributed by atoms with Gasteiger partial charge in [0.05, 0.1) is 10.9 Å². The number of hydrogen-bond acceptors (Lipinski definition) is 1. The Balaban J connectivity index is 2.87. The van der Waals surface area contributed by atoms with E-state index in [-0.39, 0.29) is 28.1 Å². The third-order valence-corrected chi connectivity index (χ3v) is 4.64. The molecule has 1 aromatic rings. The van der Waals surface area contributed by atoms with Gasteiger partial charge >= 0.3 is 0 Å². The minimum Gasteiger partial charge on any atom is -0.348 e. The minimum absolute atomic E-state index is 0.0579. The average Bonchev–Trinajstić information content (AvgIpc) is 2.36. The Labute approximate surface area is 131 Å². The number of alkyl halides is 1. The van der Waals surface area contributed by atoms with Crippen LogP contribution in [0.15, 0.2) is 30.3 Å². The van der Waals surface area contributed by atoms with Crippen molar-refractivity contribution in [2.75, 3.05) is 0 Å². The molecule has 1 N–H and O–H groups in total. The first-order valence-electron chi connectivity index (χ1n) is 7.20. The summed E-state index contributed by atoms with van der Waals surface area (Å²) in [6.07, 6.45) is 0.917. The van der Waals surface area contributed by atoms with Gasteiger partial charge in [0.1, 0.15) is 0 Å². The number of carbonyl (C=O) groups is 1. The van der Waals surface area contributed by atoms with Crippen molar-refractivity contribution in [2.24, 2.45) is 11.3 Å². The van der Waals surface area contributed by atoms with Gasteiger partial charge in [0, 0.05) is 0 Å². The molecule has 1 amide bonds. The number of rotatable bonds is 5. The highest BCUT2D eigenvalue weighted by Gasteiger charge is 2.25. The normalized spacial score (nSPS) is 14.9. The molecule has 112 valence electrons. The summed E-state index contributed by atoms with van der Waals surface area (Å²) in [5, 5.41) is 3.19. The molecule has 0 aromatic heterocycles. The number of benzene rings is 1.